The Labute approximate surface area is 275 Å². The van der Waals surface area contributed by atoms with Crippen molar-refractivity contribution in [1.82, 2.24) is 15.1 Å². The van der Waals surface area contributed by atoms with E-state index in [4.69, 9.17) is 13.9 Å². The van der Waals surface area contributed by atoms with E-state index in [0.717, 1.165) is 32.4 Å². The van der Waals surface area contributed by atoms with Gasteiger partial charge in [-0.05, 0) is 116 Å². The number of esters is 1. The molecule has 3 atom stereocenters. The average molecular weight is 657 g/mol. The first-order valence-electron chi connectivity index (χ1n) is 17.1. The summed E-state index contributed by atoms with van der Waals surface area (Å²) >= 11 is 0. The number of carbonyl (C=O) groups is 4. The van der Waals surface area contributed by atoms with Gasteiger partial charge in [0.05, 0.1) is 12.6 Å². The molecule has 2 aliphatic heterocycles. The third kappa shape index (κ3) is 8.44. The Balaban J connectivity index is 1.27. The molecule has 3 fully saturated rings. The molecule has 0 spiro atoms. The van der Waals surface area contributed by atoms with Crippen LogP contribution in [-0.4, -0.2) is 90.3 Å². The molecule has 47 heavy (non-hydrogen) atoms. The molecule has 2 N–H and O–H groups in total. The molecule has 12 heteroatoms. The van der Waals surface area contributed by atoms with E-state index >= 15 is 0 Å². The highest BCUT2D eigenvalue weighted by Crippen LogP contribution is 2.36. The van der Waals surface area contributed by atoms with Gasteiger partial charge in [0.25, 0.3) is 0 Å². The van der Waals surface area contributed by atoms with E-state index in [1.54, 1.807) is 56.9 Å². The van der Waals surface area contributed by atoms with Crippen molar-refractivity contribution < 1.29 is 37.5 Å². The average Bonchev–Trinajstić information content (AvgIpc) is 3.68. The molecule has 5 rings (SSSR count). The summed E-state index contributed by atoms with van der Waals surface area (Å²) in [7, 11) is 0. The van der Waals surface area contributed by atoms with Gasteiger partial charge in [-0.2, -0.15) is 0 Å². The molecular weight excluding hydrogens is 607 g/mol. The number of nitrogens with zero attached hydrogens (tertiary/aromatic N) is 2. The molecule has 2 saturated heterocycles. The number of likely N-dealkylation sites (tertiary alicyclic amines) is 2. The molecule has 0 radical (unpaired) electrons. The minimum absolute atomic E-state index is 0.0376. The largest absolute Gasteiger partial charge is 0.460 e. The lowest BCUT2D eigenvalue weighted by Crippen LogP contribution is -2.55. The number of furan rings is 1. The van der Waals surface area contributed by atoms with Crippen LogP contribution in [0.25, 0.3) is 11.0 Å². The Morgan fingerprint density at radius 3 is 2.38 bits per heavy atom. The van der Waals surface area contributed by atoms with E-state index in [1.165, 1.54) is 0 Å². The van der Waals surface area contributed by atoms with Crippen molar-refractivity contribution in [3.05, 3.63) is 30.0 Å². The zero-order chi connectivity index (χ0) is 33.7. The summed E-state index contributed by atoms with van der Waals surface area (Å²) in [6, 6.07) is 5.37. The Morgan fingerprint density at radius 1 is 1.00 bits per heavy atom. The van der Waals surface area contributed by atoms with E-state index in [-0.39, 0.29) is 42.1 Å². The Kier molecular flexibility index (Phi) is 11.1. The van der Waals surface area contributed by atoms with Crippen LogP contribution < -0.4 is 10.6 Å². The van der Waals surface area contributed by atoms with Crippen LogP contribution in [0.5, 0.6) is 0 Å². The number of alkyl carbamates (subject to hydrolysis) is 1. The number of rotatable bonds is 9. The third-order valence-electron chi connectivity index (χ3n) is 9.60. The van der Waals surface area contributed by atoms with Gasteiger partial charge < -0.3 is 29.4 Å². The van der Waals surface area contributed by atoms with Crippen molar-refractivity contribution in [2.75, 3.05) is 38.2 Å². The number of nitrogens with one attached hydrogen (secondary N) is 2. The molecule has 3 aliphatic rings. The lowest BCUT2D eigenvalue weighted by atomic mass is 9.78. The monoisotopic (exact) mass is 656 g/mol. The quantitative estimate of drug-likeness (QED) is 0.330. The first-order chi connectivity index (χ1) is 22.5. The zero-order valence-electron chi connectivity index (χ0n) is 28.0. The molecular formula is C35H49FN4O7. The predicted molar refractivity (Wildman–Crippen MR) is 175 cm³/mol. The van der Waals surface area contributed by atoms with Gasteiger partial charge in [-0.15, -0.1) is 0 Å². The van der Waals surface area contributed by atoms with Crippen LogP contribution in [0.3, 0.4) is 0 Å². The van der Waals surface area contributed by atoms with Gasteiger partial charge in [-0.1, -0.05) is 6.42 Å². The molecule has 258 valence electrons. The standard InChI is InChI=1S/C35H49FN4O7/c1-5-45-33(43)29-20-24-19-25(13-14-28(24)46-29)37-31(41)30-27(39-16-7-6-8-17-39)15-18-40(30)32(42)23-11-9-22(10-12-23)26(21-36)38-34(44)47-35(2,3)4/h13-14,19-20,22-23,26-27,30H,5-12,15-18,21H2,1-4H3,(H,37,41)(H,38,44)/t22?,23?,26-,27?,30?/m1/s1. The highest BCUT2D eigenvalue weighted by molar-refractivity contribution is 6.00. The van der Waals surface area contributed by atoms with Crippen LogP contribution in [0.15, 0.2) is 28.7 Å². The Morgan fingerprint density at radius 2 is 1.72 bits per heavy atom. The number of hydrogen-bond donors (Lipinski definition) is 2. The number of piperidine rings is 1. The number of anilines is 1. The SMILES string of the molecule is CCOC(=O)c1cc2cc(NC(=O)C3C(N4CCCCC4)CCN3C(=O)C3CCC([C@@H](CF)NC(=O)OC(C)(C)C)CC3)ccc2o1. The van der Waals surface area contributed by atoms with Crippen molar-refractivity contribution in [2.45, 2.75) is 103 Å². The van der Waals surface area contributed by atoms with Crippen molar-refractivity contribution in [2.24, 2.45) is 11.8 Å². The summed E-state index contributed by atoms with van der Waals surface area (Å²) < 4.78 is 30.0. The van der Waals surface area contributed by atoms with Gasteiger partial charge in [-0.3, -0.25) is 14.5 Å². The summed E-state index contributed by atoms with van der Waals surface area (Å²) in [4.78, 5) is 56.7. The van der Waals surface area contributed by atoms with Gasteiger partial charge in [0, 0.05) is 29.6 Å². The predicted octanol–water partition coefficient (Wildman–Crippen LogP) is 5.67. The minimum atomic E-state index is -0.705. The second kappa shape index (κ2) is 15.0. The van der Waals surface area contributed by atoms with Crippen LogP contribution in [-0.2, 0) is 19.1 Å². The van der Waals surface area contributed by atoms with Crippen LogP contribution >= 0.6 is 0 Å². The molecule has 1 saturated carbocycles. The fraction of sp³-hybridized carbons (Fsp3) is 0.657. The smallest absolute Gasteiger partial charge is 0.407 e. The topological polar surface area (TPSA) is 130 Å². The molecule has 2 unspecified atom stereocenters. The van der Waals surface area contributed by atoms with Gasteiger partial charge in [-0.25, -0.2) is 14.0 Å². The summed E-state index contributed by atoms with van der Waals surface area (Å²) in [5.41, 5.74) is 0.367. The number of benzene rings is 1. The van der Waals surface area contributed by atoms with Gasteiger partial charge in [0.15, 0.2) is 0 Å². The molecule has 3 heterocycles. The van der Waals surface area contributed by atoms with Crippen molar-refractivity contribution in [1.29, 1.82) is 0 Å². The Bertz CT molecular complexity index is 1420. The fourth-order valence-corrected chi connectivity index (χ4v) is 7.36. The first kappa shape index (κ1) is 34.7. The summed E-state index contributed by atoms with van der Waals surface area (Å²) in [5, 5.41) is 6.39. The van der Waals surface area contributed by atoms with E-state index < -0.39 is 36.4 Å². The third-order valence-corrected chi connectivity index (χ3v) is 9.60. The van der Waals surface area contributed by atoms with Crippen LogP contribution in [0, 0.1) is 11.8 Å². The molecule has 3 amide bonds. The molecule has 11 nitrogen and oxygen atoms in total. The number of ether oxygens (including phenoxy) is 2. The van der Waals surface area contributed by atoms with Crippen molar-refractivity contribution in [3.8, 4) is 0 Å². The van der Waals surface area contributed by atoms with Gasteiger partial charge >= 0.3 is 12.1 Å². The second-order valence-corrected chi connectivity index (χ2v) is 14.0. The lowest BCUT2D eigenvalue weighted by molar-refractivity contribution is -0.142. The minimum Gasteiger partial charge on any atom is -0.460 e. The van der Waals surface area contributed by atoms with E-state index in [2.05, 4.69) is 15.5 Å². The second-order valence-electron chi connectivity index (χ2n) is 14.0. The summed E-state index contributed by atoms with van der Waals surface area (Å²) in [5.74, 6) is -1.11. The molecule has 1 aromatic carbocycles. The highest BCUT2D eigenvalue weighted by atomic mass is 19.1. The number of fused-ring (bicyclic) bond motifs is 1. The maximum Gasteiger partial charge on any atom is 0.407 e. The van der Waals surface area contributed by atoms with E-state index in [0.29, 0.717) is 55.3 Å². The molecule has 1 aromatic heterocycles. The lowest BCUT2D eigenvalue weighted by Gasteiger charge is -2.38. The van der Waals surface area contributed by atoms with Crippen molar-refractivity contribution >= 4 is 40.5 Å². The fourth-order valence-electron chi connectivity index (χ4n) is 7.36. The number of hydrogen-bond acceptors (Lipinski definition) is 8. The number of halogens is 1. The van der Waals surface area contributed by atoms with Crippen LogP contribution in [0.4, 0.5) is 14.9 Å². The van der Waals surface area contributed by atoms with E-state index in [1.807, 2.05) is 0 Å². The summed E-state index contributed by atoms with van der Waals surface area (Å²) in [6.07, 6.45) is 5.69. The molecule has 2 aromatic rings. The maximum absolute atomic E-state index is 14.1. The number of amides is 3. The highest BCUT2D eigenvalue weighted by Gasteiger charge is 2.46. The maximum atomic E-state index is 14.1. The van der Waals surface area contributed by atoms with Crippen LogP contribution in [0.2, 0.25) is 0 Å². The van der Waals surface area contributed by atoms with Crippen LogP contribution in [0.1, 0.15) is 89.6 Å². The van der Waals surface area contributed by atoms with Crippen molar-refractivity contribution in [3.63, 3.8) is 0 Å². The molecule has 0 bridgehead atoms. The first-order valence-corrected chi connectivity index (χ1v) is 17.1. The van der Waals surface area contributed by atoms with Gasteiger partial charge in [0.1, 0.15) is 23.9 Å². The van der Waals surface area contributed by atoms with E-state index in [9.17, 15) is 23.6 Å². The van der Waals surface area contributed by atoms with Gasteiger partial charge in [0.2, 0.25) is 17.6 Å². The Hall–Kier alpha value is -3.67. The summed E-state index contributed by atoms with van der Waals surface area (Å²) in [6.45, 7) is 8.82. The number of alkyl halides is 1. The normalized spacial score (nSPS) is 24.5. The number of carbonyl (C=O) groups excluding carboxylic acids is 4. The molecule has 1 aliphatic carbocycles. The zero-order valence-corrected chi connectivity index (χ0v) is 28.0.